The van der Waals surface area contributed by atoms with E-state index < -0.39 is 0 Å². The van der Waals surface area contributed by atoms with E-state index >= 15 is 0 Å². The minimum Gasteiger partial charge on any atom is -0.360 e. The molecule has 0 heterocycles. The number of ether oxygens (including phenoxy) is 2. The quantitative estimate of drug-likeness (QED) is 0.252. The van der Waals surface area contributed by atoms with Crippen molar-refractivity contribution in [1.82, 2.24) is 0 Å². The van der Waals surface area contributed by atoms with Crippen LogP contribution >= 0.6 is 15.9 Å². The summed E-state index contributed by atoms with van der Waals surface area (Å²) in [6.45, 7) is 0. The second kappa shape index (κ2) is 12.7. The average molecular weight is 295 g/mol. The maximum Gasteiger partial charge on any atom is 0.136 e. The Hall–Kier alpha value is 0.617. The first-order valence-corrected chi connectivity index (χ1v) is 8.10. The summed E-state index contributed by atoms with van der Waals surface area (Å²) in [5.41, 5.74) is 0. The van der Waals surface area contributed by atoms with Gasteiger partial charge in [-0.15, -0.1) is 0 Å². The molecule has 0 aliphatic carbocycles. The highest BCUT2D eigenvalue weighted by Crippen LogP contribution is 2.08. The van der Waals surface area contributed by atoms with Gasteiger partial charge >= 0.3 is 0 Å². The van der Waals surface area contributed by atoms with Crippen molar-refractivity contribution in [3.8, 4) is 0 Å². The van der Waals surface area contributed by atoms with E-state index in [-0.39, 0.29) is 5.91 Å². The predicted molar refractivity (Wildman–Crippen MR) is 69.9 cm³/mol. The number of unbranched alkanes of at least 4 members (excludes halogenated alkanes) is 5. The molecule has 15 heavy (non-hydrogen) atoms. The van der Waals surface area contributed by atoms with Crippen molar-refractivity contribution in [3.63, 3.8) is 0 Å². The normalized spacial score (nSPS) is 11.2. The van der Waals surface area contributed by atoms with Gasteiger partial charge in [-0.2, -0.15) is 0 Å². The number of alkyl halides is 1. The van der Waals surface area contributed by atoms with Crippen LogP contribution in [0, 0.1) is 0 Å². The summed E-state index contributed by atoms with van der Waals surface area (Å²) in [5, 5.41) is 1.15. The standard InChI is InChI=1S/C11H23BrO2Si/c1-13-11(14-2)15-10-8-6-4-3-5-7-9-12/h11H,3-10H2,1-2H3. The van der Waals surface area contributed by atoms with Crippen LogP contribution in [0.2, 0.25) is 6.04 Å². The molecule has 0 aromatic rings. The van der Waals surface area contributed by atoms with Crippen LogP contribution in [-0.2, 0) is 9.47 Å². The molecule has 0 bridgehead atoms. The van der Waals surface area contributed by atoms with E-state index in [1.54, 1.807) is 14.2 Å². The van der Waals surface area contributed by atoms with Crippen molar-refractivity contribution < 1.29 is 9.47 Å². The van der Waals surface area contributed by atoms with Gasteiger partial charge < -0.3 is 9.47 Å². The molecule has 90 valence electrons. The molecule has 0 rings (SSSR count). The van der Waals surface area contributed by atoms with Crippen LogP contribution in [0.5, 0.6) is 0 Å². The van der Waals surface area contributed by atoms with Crippen LogP contribution in [0.4, 0.5) is 0 Å². The number of hydrogen-bond donors (Lipinski definition) is 0. The number of methoxy groups -OCH3 is 2. The first-order valence-electron chi connectivity index (χ1n) is 5.70. The zero-order valence-electron chi connectivity index (χ0n) is 9.93. The van der Waals surface area contributed by atoms with E-state index in [1.807, 2.05) is 0 Å². The van der Waals surface area contributed by atoms with Crippen molar-refractivity contribution in [2.24, 2.45) is 0 Å². The van der Waals surface area contributed by atoms with Gasteiger partial charge in [-0.1, -0.05) is 54.1 Å². The van der Waals surface area contributed by atoms with Crippen LogP contribution in [0.25, 0.3) is 0 Å². The average Bonchev–Trinajstić information content (AvgIpc) is 2.27. The first-order chi connectivity index (χ1) is 7.35. The van der Waals surface area contributed by atoms with Gasteiger partial charge in [-0.25, -0.2) is 0 Å². The van der Waals surface area contributed by atoms with Crippen molar-refractivity contribution in [2.45, 2.75) is 50.5 Å². The highest BCUT2D eigenvalue weighted by atomic mass is 79.9. The van der Waals surface area contributed by atoms with Crippen LogP contribution in [-0.4, -0.2) is 35.0 Å². The highest BCUT2D eigenvalue weighted by Gasteiger charge is 2.04. The lowest BCUT2D eigenvalue weighted by Gasteiger charge is -2.11. The molecular formula is C11H23BrO2Si. The Labute approximate surface area is 105 Å². The molecule has 0 aliphatic heterocycles. The molecule has 0 aliphatic rings. The van der Waals surface area contributed by atoms with E-state index in [1.165, 1.54) is 44.6 Å². The SMILES string of the molecule is COC(OC)[Si]CCCCCCCCBr. The summed E-state index contributed by atoms with van der Waals surface area (Å²) in [4.78, 5) is 0. The predicted octanol–water partition coefficient (Wildman–Crippen LogP) is 3.42. The first kappa shape index (κ1) is 15.6. The molecule has 0 aromatic carbocycles. The zero-order valence-corrected chi connectivity index (χ0v) is 12.5. The monoisotopic (exact) mass is 294 g/mol. The fourth-order valence-electron chi connectivity index (χ4n) is 1.41. The third-order valence-corrected chi connectivity index (χ3v) is 4.31. The van der Waals surface area contributed by atoms with Crippen molar-refractivity contribution >= 4 is 25.4 Å². The Kier molecular flexibility index (Phi) is 13.2. The minimum absolute atomic E-state index is 0.0263. The summed E-state index contributed by atoms with van der Waals surface area (Å²) in [7, 11) is 4.20. The molecule has 0 atom stereocenters. The number of hydrogen-bond acceptors (Lipinski definition) is 2. The maximum absolute atomic E-state index is 5.14. The lowest BCUT2D eigenvalue weighted by Crippen LogP contribution is -2.20. The molecule has 4 heteroatoms. The summed E-state index contributed by atoms with van der Waals surface area (Å²) < 4.78 is 10.3. The second-order valence-corrected chi connectivity index (χ2v) is 5.74. The van der Waals surface area contributed by atoms with Crippen LogP contribution in [0.1, 0.15) is 38.5 Å². The summed E-state index contributed by atoms with van der Waals surface area (Å²) in [6.07, 6.45) is 8.11. The Balaban J connectivity index is 3.04. The van der Waals surface area contributed by atoms with Crippen molar-refractivity contribution in [1.29, 1.82) is 0 Å². The van der Waals surface area contributed by atoms with Crippen molar-refractivity contribution in [3.05, 3.63) is 0 Å². The lowest BCUT2D eigenvalue weighted by atomic mass is 10.1. The molecule has 0 amide bonds. The molecule has 0 saturated carbocycles. The zero-order chi connectivity index (χ0) is 11.4. The molecule has 0 fully saturated rings. The lowest BCUT2D eigenvalue weighted by molar-refractivity contribution is -0.0441. The van der Waals surface area contributed by atoms with Gasteiger partial charge in [-0.3, -0.25) is 0 Å². The molecule has 0 saturated heterocycles. The van der Waals surface area contributed by atoms with Gasteiger partial charge in [0.05, 0.1) is 0 Å². The third kappa shape index (κ3) is 10.9. The van der Waals surface area contributed by atoms with E-state index in [0.717, 1.165) is 14.8 Å². The second-order valence-electron chi connectivity index (χ2n) is 3.57. The highest BCUT2D eigenvalue weighted by molar-refractivity contribution is 9.09. The molecule has 0 unspecified atom stereocenters. The Morgan fingerprint density at radius 3 is 2.00 bits per heavy atom. The summed E-state index contributed by atoms with van der Waals surface area (Å²) in [6, 6.07) is 1.24. The van der Waals surface area contributed by atoms with E-state index in [0.29, 0.717) is 0 Å². The van der Waals surface area contributed by atoms with E-state index in [4.69, 9.17) is 9.47 Å². The molecule has 0 aromatic heterocycles. The number of rotatable bonds is 11. The van der Waals surface area contributed by atoms with Crippen LogP contribution in [0.15, 0.2) is 0 Å². The summed E-state index contributed by atoms with van der Waals surface area (Å²) >= 11 is 3.45. The number of halogens is 1. The van der Waals surface area contributed by atoms with Gasteiger partial charge in [0.25, 0.3) is 0 Å². The van der Waals surface area contributed by atoms with Crippen LogP contribution in [0.3, 0.4) is 0 Å². The third-order valence-electron chi connectivity index (χ3n) is 2.30. The smallest absolute Gasteiger partial charge is 0.136 e. The van der Waals surface area contributed by atoms with Crippen LogP contribution < -0.4 is 0 Å². The summed E-state index contributed by atoms with van der Waals surface area (Å²) in [5.74, 6) is 0.0263. The fraction of sp³-hybridized carbons (Fsp3) is 1.00. The molecule has 0 N–H and O–H groups in total. The van der Waals surface area contributed by atoms with E-state index in [2.05, 4.69) is 15.9 Å². The fourth-order valence-corrected chi connectivity index (χ4v) is 2.83. The van der Waals surface area contributed by atoms with Crippen molar-refractivity contribution in [2.75, 3.05) is 19.5 Å². The molecule has 2 nitrogen and oxygen atoms in total. The minimum atomic E-state index is 0.0263. The Bertz CT molecular complexity index is 121. The van der Waals surface area contributed by atoms with Gasteiger partial charge in [0.2, 0.25) is 0 Å². The molecule has 0 spiro atoms. The van der Waals surface area contributed by atoms with Gasteiger partial charge in [0.15, 0.2) is 0 Å². The Morgan fingerprint density at radius 2 is 1.47 bits per heavy atom. The van der Waals surface area contributed by atoms with E-state index in [9.17, 15) is 0 Å². The van der Waals surface area contributed by atoms with Gasteiger partial charge in [-0.05, 0) is 6.42 Å². The largest absolute Gasteiger partial charge is 0.360 e. The maximum atomic E-state index is 5.14. The molecule has 2 radical (unpaired) electrons. The Morgan fingerprint density at radius 1 is 0.933 bits per heavy atom. The van der Waals surface area contributed by atoms with Gasteiger partial charge in [0.1, 0.15) is 15.4 Å². The molecular weight excluding hydrogens is 272 g/mol. The van der Waals surface area contributed by atoms with Gasteiger partial charge in [0, 0.05) is 19.5 Å². The topological polar surface area (TPSA) is 18.5 Å².